The van der Waals surface area contributed by atoms with E-state index in [0.717, 1.165) is 24.8 Å². The Labute approximate surface area is 140 Å². The standard InChI is InChI=1S/C18H20ClNO3/c1-18(10-4-5-11-22-18)17(21)20-12-13-8-9-16(23-13)14-6-2-3-7-15(14)19/h2-3,6-9H,4-5,10-12H2,1H3,(H,20,21)/t18-/m0/s1. The molecule has 0 unspecified atom stereocenters. The molecule has 0 radical (unpaired) electrons. The third-order valence-electron chi connectivity index (χ3n) is 4.17. The Hall–Kier alpha value is -1.78. The largest absolute Gasteiger partial charge is 0.459 e. The molecule has 2 aromatic rings. The molecule has 0 aliphatic carbocycles. The van der Waals surface area contributed by atoms with Gasteiger partial charge in [-0.05, 0) is 50.5 Å². The molecule has 1 aliphatic rings. The van der Waals surface area contributed by atoms with Gasteiger partial charge in [-0.15, -0.1) is 0 Å². The van der Waals surface area contributed by atoms with Crippen molar-refractivity contribution in [1.29, 1.82) is 0 Å². The zero-order chi connectivity index (χ0) is 16.3. The number of ether oxygens (including phenoxy) is 1. The summed E-state index contributed by atoms with van der Waals surface area (Å²) in [5, 5.41) is 3.54. The van der Waals surface area contributed by atoms with Gasteiger partial charge in [0.15, 0.2) is 0 Å². The van der Waals surface area contributed by atoms with Crippen LogP contribution in [0.1, 0.15) is 31.9 Å². The Bertz CT molecular complexity index is 689. The first-order chi connectivity index (χ1) is 11.1. The Morgan fingerprint density at radius 3 is 2.83 bits per heavy atom. The first-order valence-corrected chi connectivity index (χ1v) is 8.22. The molecule has 1 saturated heterocycles. The lowest BCUT2D eigenvalue weighted by atomic mass is 9.95. The number of furan rings is 1. The quantitative estimate of drug-likeness (QED) is 0.913. The molecule has 5 heteroatoms. The highest BCUT2D eigenvalue weighted by molar-refractivity contribution is 6.33. The molecule has 3 rings (SSSR count). The van der Waals surface area contributed by atoms with Gasteiger partial charge in [-0.25, -0.2) is 0 Å². The van der Waals surface area contributed by atoms with Crippen LogP contribution >= 0.6 is 11.6 Å². The molecule has 0 saturated carbocycles. The van der Waals surface area contributed by atoms with E-state index in [-0.39, 0.29) is 5.91 Å². The van der Waals surface area contributed by atoms with Crippen molar-refractivity contribution in [2.75, 3.05) is 6.61 Å². The van der Waals surface area contributed by atoms with Crippen molar-refractivity contribution in [3.8, 4) is 11.3 Å². The maximum Gasteiger partial charge on any atom is 0.252 e. The summed E-state index contributed by atoms with van der Waals surface area (Å²) in [5.74, 6) is 1.29. The third-order valence-corrected chi connectivity index (χ3v) is 4.50. The predicted octanol–water partition coefficient (Wildman–Crippen LogP) is 4.18. The second-order valence-electron chi connectivity index (χ2n) is 5.96. The van der Waals surface area contributed by atoms with Crippen LogP contribution in [0, 0.1) is 0 Å². The molecular weight excluding hydrogens is 314 g/mol. The van der Waals surface area contributed by atoms with E-state index in [1.165, 1.54) is 0 Å². The summed E-state index contributed by atoms with van der Waals surface area (Å²) in [6.07, 6.45) is 2.78. The van der Waals surface area contributed by atoms with Crippen LogP contribution in [-0.4, -0.2) is 18.1 Å². The van der Waals surface area contributed by atoms with E-state index in [1.807, 2.05) is 43.3 Å². The van der Waals surface area contributed by atoms with Crippen molar-refractivity contribution in [3.63, 3.8) is 0 Å². The maximum atomic E-state index is 12.3. The fourth-order valence-electron chi connectivity index (χ4n) is 2.75. The molecule has 1 atom stereocenters. The minimum Gasteiger partial charge on any atom is -0.459 e. The summed E-state index contributed by atoms with van der Waals surface area (Å²) in [6, 6.07) is 11.2. The Balaban J connectivity index is 1.63. The predicted molar refractivity (Wildman–Crippen MR) is 89.2 cm³/mol. The number of carbonyl (C=O) groups excluding carboxylic acids is 1. The summed E-state index contributed by atoms with van der Waals surface area (Å²) in [7, 11) is 0. The van der Waals surface area contributed by atoms with Gasteiger partial charge in [-0.2, -0.15) is 0 Å². The molecule has 1 N–H and O–H groups in total. The molecule has 1 aromatic heterocycles. The number of amides is 1. The second kappa shape index (κ2) is 6.77. The second-order valence-corrected chi connectivity index (χ2v) is 6.37. The molecule has 1 amide bonds. The number of carbonyl (C=O) groups is 1. The lowest BCUT2D eigenvalue weighted by molar-refractivity contribution is -0.150. The summed E-state index contributed by atoms with van der Waals surface area (Å²) in [4.78, 5) is 12.3. The molecule has 1 aliphatic heterocycles. The molecule has 0 bridgehead atoms. The minimum absolute atomic E-state index is 0.0899. The summed E-state index contributed by atoms with van der Waals surface area (Å²) in [6.45, 7) is 2.82. The van der Waals surface area contributed by atoms with Crippen LogP contribution in [0.2, 0.25) is 5.02 Å². The van der Waals surface area contributed by atoms with Gasteiger partial charge in [0.05, 0.1) is 11.6 Å². The van der Waals surface area contributed by atoms with E-state index >= 15 is 0 Å². The summed E-state index contributed by atoms with van der Waals surface area (Å²) >= 11 is 6.17. The highest BCUT2D eigenvalue weighted by atomic mass is 35.5. The fourth-order valence-corrected chi connectivity index (χ4v) is 2.98. The van der Waals surface area contributed by atoms with Gasteiger partial charge >= 0.3 is 0 Å². The van der Waals surface area contributed by atoms with Crippen molar-refractivity contribution in [1.82, 2.24) is 5.32 Å². The van der Waals surface area contributed by atoms with E-state index in [2.05, 4.69) is 5.32 Å². The van der Waals surface area contributed by atoms with Crippen molar-refractivity contribution in [2.45, 2.75) is 38.3 Å². The zero-order valence-electron chi connectivity index (χ0n) is 13.1. The normalized spacial score (nSPS) is 21.1. The van der Waals surface area contributed by atoms with Crippen LogP contribution in [0.5, 0.6) is 0 Å². The van der Waals surface area contributed by atoms with E-state index in [0.29, 0.717) is 29.7 Å². The van der Waals surface area contributed by atoms with Crippen molar-refractivity contribution < 1.29 is 13.9 Å². The number of nitrogens with one attached hydrogen (secondary N) is 1. The Morgan fingerprint density at radius 2 is 2.09 bits per heavy atom. The van der Waals surface area contributed by atoms with E-state index in [9.17, 15) is 4.79 Å². The Morgan fingerprint density at radius 1 is 1.26 bits per heavy atom. The van der Waals surface area contributed by atoms with Crippen LogP contribution in [-0.2, 0) is 16.1 Å². The smallest absolute Gasteiger partial charge is 0.252 e. The summed E-state index contributed by atoms with van der Waals surface area (Å²) < 4.78 is 11.4. The van der Waals surface area contributed by atoms with Crippen LogP contribution in [0.25, 0.3) is 11.3 Å². The van der Waals surface area contributed by atoms with Crippen molar-refractivity contribution >= 4 is 17.5 Å². The topological polar surface area (TPSA) is 51.5 Å². The van der Waals surface area contributed by atoms with Gasteiger partial charge in [0.25, 0.3) is 5.91 Å². The van der Waals surface area contributed by atoms with Gasteiger partial charge in [0.2, 0.25) is 0 Å². The SMILES string of the molecule is C[C@@]1(C(=O)NCc2ccc(-c3ccccc3Cl)o2)CCCCO1. The average molecular weight is 334 g/mol. The Kier molecular flexibility index (Phi) is 4.74. The lowest BCUT2D eigenvalue weighted by Gasteiger charge is -2.32. The number of hydrogen-bond donors (Lipinski definition) is 1. The van der Waals surface area contributed by atoms with Crippen LogP contribution in [0.15, 0.2) is 40.8 Å². The van der Waals surface area contributed by atoms with E-state index in [1.54, 1.807) is 0 Å². The third kappa shape index (κ3) is 3.59. The lowest BCUT2D eigenvalue weighted by Crippen LogP contribution is -2.48. The van der Waals surface area contributed by atoms with Crippen LogP contribution < -0.4 is 5.32 Å². The average Bonchev–Trinajstić information content (AvgIpc) is 3.02. The number of hydrogen-bond acceptors (Lipinski definition) is 3. The van der Waals surface area contributed by atoms with Gasteiger partial charge in [-0.3, -0.25) is 4.79 Å². The zero-order valence-corrected chi connectivity index (χ0v) is 13.9. The summed E-state index contributed by atoms with van der Waals surface area (Å²) in [5.41, 5.74) is 0.116. The first kappa shape index (κ1) is 16.1. The van der Waals surface area contributed by atoms with Crippen LogP contribution in [0.4, 0.5) is 0 Å². The molecule has 2 heterocycles. The van der Waals surface area contributed by atoms with Crippen molar-refractivity contribution in [3.05, 3.63) is 47.2 Å². The minimum atomic E-state index is -0.726. The number of halogens is 1. The highest BCUT2D eigenvalue weighted by Crippen LogP contribution is 2.29. The molecular formula is C18H20ClNO3. The molecule has 4 nitrogen and oxygen atoms in total. The maximum absolute atomic E-state index is 12.3. The first-order valence-electron chi connectivity index (χ1n) is 7.84. The van der Waals surface area contributed by atoms with Crippen LogP contribution in [0.3, 0.4) is 0 Å². The van der Waals surface area contributed by atoms with Gasteiger partial charge in [0, 0.05) is 12.2 Å². The number of rotatable bonds is 4. The van der Waals surface area contributed by atoms with Gasteiger partial charge in [0.1, 0.15) is 17.1 Å². The van der Waals surface area contributed by atoms with Gasteiger partial charge < -0.3 is 14.5 Å². The fraction of sp³-hybridized carbons (Fsp3) is 0.389. The molecule has 23 heavy (non-hydrogen) atoms. The van der Waals surface area contributed by atoms with Gasteiger partial charge in [-0.1, -0.05) is 23.7 Å². The molecule has 122 valence electrons. The van der Waals surface area contributed by atoms with E-state index < -0.39 is 5.60 Å². The molecule has 1 fully saturated rings. The highest BCUT2D eigenvalue weighted by Gasteiger charge is 2.35. The van der Waals surface area contributed by atoms with Crippen molar-refractivity contribution in [2.24, 2.45) is 0 Å². The molecule has 0 spiro atoms. The monoisotopic (exact) mass is 333 g/mol. The van der Waals surface area contributed by atoms with E-state index in [4.69, 9.17) is 20.8 Å². The molecule has 1 aromatic carbocycles. The number of benzene rings is 1.